The van der Waals surface area contributed by atoms with E-state index in [4.69, 9.17) is 5.73 Å². The van der Waals surface area contributed by atoms with E-state index in [-0.39, 0.29) is 11.6 Å². The summed E-state index contributed by atoms with van der Waals surface area (Å²) < 4.78 is 1.12. The van der Waals surface area contributed by atoms with Gasteiger partial charge < -0.3 is 5.73 Å². The summed E-state index contributed by atoms with van der Waals surface area (Å²) in [6, 6.07) is 9.15. The van der Waals surface area contributed by atoms with Crippen LogP contribution in [0, 0.1) is 0 Å². The molecular weight excluding hydrogens is 276 g/mol. The number of rotatable bonds is 1. The number of hydrogen-bond acceptors (Lipinski definition) is 2. The average Bonchev–Trinajstić information content (AvgIpc) is 2.61. The molecule has 0 aliphatic carbocycles. The Morgan fingerprint density at radius 2 is 1.82 bits per heavy atom. The van der Waals surface area contributed by atoms with Crippen molar-refractivity contribution < 1.29 is 0 Å². The quantitative estimate of drug-likeness (QED) is 0.861. The van der Waals surface area contributed by atoms with Crippen molar-refractivity contribution in [3.05, 3.63) is 34.3 Å². The third-order valence-corrected chi connectivity index (χ3v) is 4.05. The van der Waals surface area contributed by atoms with E-state index in [9.17, 15) is 0 Å². The molecule has 2 nitrogen and oxygen atoms in total. The molecule has 2 atom stereocenters. The second kappa shape index (κ2) is 4.71. The zero-order valence-electron chi connectivity index (χ0n) is 10.8. The predicted molar refractivity (Wildman–Crippen MR) is 75.9 cm³/mol. The van der Waals surface area contributed by atoms with Crippen molar-refractivity contribution in [3.63, 3.8) is 0 Å². The molecule has 94 valence electrons. The van der Waals surface area contributed by atoms with Gasteiger partial charge in [0.2, 0.25) is 0 Å². The normalized spacial score (nSPS) is 26.4. The summed E-state index contributed by atoms with van der Waals surface area (Å²) in [6.07, 6.45) is 1.08. The Morgan fingerprint density at radius 3 is 2.35 bits per heavy atom. The Labute approximate surface area is 112 Å². The van der Waals surface area contributed by atoms with Crippen molar-refractivity contribution in [1.29, 1.82) is 0 Å². The van der Waals surface area contributed by atoms with Crippen molar-refractivity contribution in [2.75, 3.05) is 6.54 Å². The molecule has 0 spiro atoms. The molecule has 2 N–H and O–H groups in total. The summed E-state index contributed by atoms with van der Waals surface area (Å²) in [5.74, 6) is 0. The summed E-state index contributed by atoms with van der Waals surface area (Å²) in [5.41, 5.74) is 7.78. The van der Waals surface area contributed by atoms with Crippen LogP contribution in [0.25, 0.3) is 0 Å². The van der Waals surface area contributed by atoms with Gasteiger partial charge in [-0.3, -0.25) is 4.90 Å². The minimum atomic E-state index is 0.172. The van der Waals surface area contributed by atoms with Crippen LogP contribution in [0.3, 0.4) is 0 Å². The smallest absolute Gasteiger partial charge is 0.0504 e. The van der Waals surface area contributed by atoms with Gasteiger partial charge in [-0.05, 0) is 44.9 Å². The minimum absolute atomic E-state index is 0.172. The van der Waals surface area contributed by atoms with Crippen molar-refractivity contribution in [3.8, 4) is 0 Å². The fraction of sp³-hybridized carbons (Fsp3) is 0.571. The summed E-state index contributed by atoms with van der Waals surface area (Å²) in [5, 5.41) is 0. The molecule has 0 radical (unpaired) electrons. The maximum Gasteiger partial charge on any atom is 0.0504 e. The molecule has 0 aromatic heterocycles. The Hall–Kier alpha value is -0.380. The van der Waals surface area contributed by atoms with Gasteiger partial charge >= 0.3 is 0 Å². The first-order chi connectivity index (χ1) is 7.89. The van der Waals surface area contributed by atoms with E-state index in [2.05, 4.69) is 65.9 Å². The summed E-state index contributed by atoms with van der Waals surface area (Å²) in [6.45, 7) is 7.87. The molecule has 2 rings (SSSR count). The lowest BCUT2D eigenvalue weighted by molar-refractivity contribution is 0.117. The molecular formula is C14H21BrN2. The van der Waals surface area contributed by atoms with Crippen molar-refractivity contribution in [2.45, 2.75) is 44.8 Å². The minimum Gasteiger partial charge on any atom is -0.326 e. The topological polar surface area (TPSA) is 29.3 Å². The summed E-state index contributed by atoms with van der Waals surface area (Å²) in [4.78, 5) is 2.51. The number of benzene rings is 1. The highest BCUT2D eigenvalue weighted by Gasteiger charge is 2.38. The molecule has 1 aromatic rings. The van der Waals surface area contributed by atoms with Crippen LogP contribution in [0.5, 0.6) is 0 Å². The zero-order chi connectivity index (χ0) is 12.6. The molecule has 0 saturated carbocycles. The average molecular weight is 297 g/mol. The van der Waals surface area contributed by atoms with Gasteiger partial charge in [-0.15, -0.1) is 0 Å². The lowest BCUT2D eigenvalue weighted by Crippen LogP contribution is -2.43. The number of nitrogens with zero attached hydrogens (tertiary/aromatic N) is 1. The van der Waals surface area contributed by atoms with E-state index in [0.717, 1.165) is 17.4 Å². The molecule has 2 unspecified atom stereocenters. The van der Waals surface area contributed by atoms with Crippen LogP contribution in [-0.2, 0) is 0 Å². The van der Waals surface area contributed by atoms with Crippen molar-refractivity contribution in [2.24, 2.45) is 5.73 Å². The van der Waals surface area contributed by atoms with Crippen LogP contribution in [0.4, 0.5) is 0 Å². The predicted octanol–water partition coefficient (Wildman–Crippen LogP) is 3.32. The van der Waals surface area contributed by atoms with Gasteiger partial charge in [0.05, 0.1) is 6.04 Å². The highest BCUT2D eigenvalue weighted by Crippen LogP contribution is 2.36. The first kappa shape index (κ1) is 13.1. The Balaban J connectivity index is 2.31. The van der Waals surface area contributed by atoms with Crippen LogP contribution in [-0.4, -0.2) is 23.0 Å². The highest BCUT2D eigenvalue weighted by molar-refractivity contribution is 9.10. The second-order valence-corrected chi connectivity index (χ2v) is 6.73. The van der Waals surface area contributed by atoms with Crippen LogP contribution in [0.15, 0.2) is 28.7 Å². The van der Waals surface area contributed by atoms with Crippen LogP contribution in [0.1, 0.15) is 38.8 Å². The second-order valence-electron chi connectivity index (χ2n) is 5.81. The fourth-order valence-corrected chi connectivity index (χ4v) is 2.92. The van der Waals surface area contributed by atoms with E-state index < -0.39 is 0 Å². The fourth-order valence-electron chi connectivity index (χ4n) is 2.66. The number of nitrogens with two attached hydrogens (primary N) is 1. The van der Waals surface area contributed by atoms with Gasteiger partial charge in [0.25, 0.3) is 0 Å². The molecule has 0 amide bonds. The number of hydrogen-bond donors (Lipinski definition) is 1. The van der Waals surface area contributed by atoms with E-state index in [0.29, 0.717) is 6.04 Å². The van der Waals surface area contributed by atoms with Gasteiger partial charge in [-0.25, -0.2) is 0 Å². The molecule has 1 fully saturated rings. The molecule has 1 saturated heterocycles. The lowest BCUT2D eigenvalue weighted by Gasteiger charge is -2.38. The van der Waals surface area contributed by atoms with E-state index >= 15 is 0 Å². The largest absolute Gasteiger partial charge is 0.326 e. The van der Waals surface area contributed by atoms with Gasteiger partial charge in [-0.1, -0.05) is 28.1 Å². The van der Waals surface area contributed by atoms with Gasteiger partial charge in [0.15, 0.2) is 0 Å². The Bertz CT molecular complexity index is 380. The monoisotopic (exact) mass is 296 g/mol. The van der Waals surface area contributed by atoms with Gasteiger partial charge in [-0.2, -0.15) is 0 Å². The standard InChI is InChI=1S/C14H21BrN2/c1-14(2,3)17-9-8-12(16)13(17)10-4-6-11(15)7-5-10/h4-7,12-13H,8-9,16H2,1-3H3. The first-order valence-electron chi connectivity index (χ1n) is 6.17. The summed E-state index contributed by atoms with van der Waals surface area (Å²) in [7, 11) is 0. The molecule has 0 bridgehead atoms. The molecule has 1 heterocycles. The number of likely N-dealkylation sites (tertiary alicyclic amines) is 1. The summed E-state index contributed by atoms with van der Waals surface area (Å²) >= 11 is 3.48. The van der Waals surface area contributed by atoms with Crippen LogP contribution >= 0.6 is 15.9 Å². The van der Waals surface area contributed by atoms with Crippen LogP contribution in [0.2, 0.25) is 0 Å². The highest BCUT2D eigenvalue weighted by atomic mass is 79.9. The molecule has 17 heavy (non-hydrogen) atoms. The van der Waals surface area contributed by atoms with Gasteiger partial charge in [0, 0.05) is 22.6 Å². The van der Waals surface area contributed by atoms with Gasteiger partial charge in [0.1, 0.15) is 0 Å². The third kappa shape index (κ3) is 2.72. The first-order valence-corrected chi connectivity index (χ1v) is 6.96. The van der Waals surface area contributed by atoms with Crippen molar-refractivity contribution in [1.82, 2.24) is 4.90 Å². The van der Waals surface area contributed by atoms with E-state index in [1.165, 1.54) is 5.56 Å². The molecule has 1 aromatic carbocycles. The maximum absolute atomic E-state index is 6.28. The lowest BCUT2D eigenvalue weighted by atomic mass is 9.97. The molecule has 1 aliphatic rings. The zero-order valence-corrected chi connectivity index (χ0v) is 12.4. The van der Waals surface area contributed by atoms with E-state index in [1.54, 1.807) is 0 Å². The molecule has 1 aliphatic heterocycles. The van der Waals surface area contributed by atoms with Crippen LogP contribution < -0.4 is 5.73 Å². The Kier molecular flexibility index (Phi) is 3.62. The Morgan fingerprint density at radius 1 is 1.24 bits per heavy atom. The van der Waals surface area contributed by atoms with Crippen molar-refractivity contribution >= 4 is 15.9 Å². The number of halogens is 1. The van der Waals surface area contributed by atoms with E-state index in [1.807, 2.05) is 0 Å². The third-order valence-electron chi connectivity index (χ3n) is 3.52. The SMILES string of the molecule is CC(C)(C)N1CCC(N)C1c1ccc(Br)cc1. The molecule has 3 heteroatoms. The maximum atomic E-state index is 6.28.